The standard InChI is InChI=1S/C15H15FN2O3/c1-15(14(19)20,10-6-11(16)9-17-8-10)18-12-4-3-5-13(7-12)21-2/h3-9,18H,1-2H3,(H,19,20). The number of hydrogen-bond acceptors (Lipinski definition) is 4. The molecular weight excluding hydrogens is 275 g/mol. The van der Waals surface area contributed by atoms with Gasteiger partial charge in [0, 0.05) is 23.5 Å². The Morgan fingerprint density at radius 2 is 2.14 bits per heavy atom. The number of benzene rings is 1. The molecule has 21 heavy (non-hydrogen) atoms. The number of hydrogen-bond donors (Lipinski definition) is 2. The molecule has 0 saturated carbocycles. The predicted octanol–water partition coefficient (Wildman–Crippen LogP) is 2.64. The first-order valence-corrected chi connectivity index (χ1v) is 6.22. The average molecular weight is 290 g/mol. The zero-order valence-corrected chi connectivity index (χ0v) is 11.6. The number of ether oxygens (including phenoxy) is 1. The van der Waals surface area contributed by atoms with Crippen LogP contribution in [0.1, 0.15) is 12.5 Å². The normalized spacial score (nSPS) is 13.3. The molecule has 1 heterocycles. The molecule has 1 aromatic carbocycles. The first-order valence-electron chi connectivity index (χ1n) is 6.22. The van der Waals surface area contributed by atoms with Crippen LogP contribution in [0.5, 0.6) is 5.75 Å². The van der Waals surface area contributed by atoms with E-state index in [1.54, 1.807) is 24.3 Å². The number of carbonyl (C=O) groups is 1. The van der Waals surface area contributed by atoms with Crippen molar-refractivity contribution in [2.45, 2.75) is 12.5 Å². The summed E-state index contributed by atoms with van der Waals surface area (Å²) >= 11 is 0. The van der Waals surface area contributed by atoms with E-state index in [4.69, 9.17) is 4.74 Å². The van der Waals surface area contributed by atoms with Gasteiger partial charge < -0.3 is 15.2 Å². The quantitative estimate of drug-likeness (QED) is 0.885. The minimum absolute atomic E-state index is 0.220. The van der Waals surface area contributed by atoms with Crippen LogP contribution in [-0.4, -0.2) is 23.2 Å². The van der Waals surface area contributed by atoms with Crippen LogP contribution >= 0.6 is 0 Å². The van der Waals surface area contributed by atoms with Crippen LogP contribution in [0.15, 0.2) is 42.7 Å². The number of carboxylic acids is 1. The Hall–Kier alpha value is -2.63. The molecule has 1 aromatic heterocycles. The zero-order valence-electron chi connectivity index (χ0n) is 11.6. The van der Waals surface area contributed by atoms with Gasteiger partial charge in [-0.1, -0.05) is 6.07 Å². The van der Waals surface area contributed by atoms with E-state index in [1.165, 1.54) is 20.2 Å². The van der Waals surface area contributed by atoms with E-state index in [2.05, 4.69) is 10.3 Å². The fraction of sp³-hybridized carbons (Fsp3) is 0.200. The number of methoxy groups -OCH3 is 1. The second-order valence-corrected chi connectivity index (χ2v) is 4.68. The number of aromatic nitrogens is 1. The summed E-state index contributed by atoms with van der Waals surface area (Å²) in [6.07, 6.45) is 2.35. The van der Waals surface area contributed by atoms with E-state index in [0.29, 0.717) is 11.4 Å². The monoisotopic (exact) mass is 290 g/mol. The molecule has 0 fully saturated rings. The van der Waals surface area contributed by atoms with Gasteiger partial charge in [0.2, 0.25) is 0 Å². The summed E-state index contributed by atoms with van der Waals surface area (Å²) in [5.74, 6) is -1.14. The zero-order chi connectivity index (χ0) is 15.5. The predicted molar refractivity (Wildman–Crippen MR) is 75.8 cm³/mol. The van der Waals surface area contributed by atoms with Crippen LogP contribution in [0.2, 0.25) is 0 Å². The highest BCUT2D eigenvalue weighted by Crippen LogP contribution is 2.28. The van der Waals surface area contributed by atoms with Gasteiger partial charge in [0.25, 0.3) is 0 Å². The maximum Gasteiger partial charge on any atom is 0.333 e. The third kappa shape index (κ3) is 3.10. The van der Waals surface area contributed by atoms with Gasteiger partial charge in [-0.2, -0.15) is 0 Å². The molecule has 2 rings (SSSR count). The summed E-state index contributed by atoms with van der Waals surface area (Å²) < 4.78 is 18.4. The SMILES string of the molecule is COc1cccc(NC(C)(C(=O)O)c2cncc(F)c2)c1. The number of halogens is 1. The second-order valence-electron chi connectivity index (χ2n) is 4.68. The molecule has 5 nitrogen and oxygen atoms in total. The van der Waals surface area contributed by atoms with Crippen molar-refractivity contribution < 1.29 is 19.0 Å². The number of anilines is 1. The van der Waals surface area contributed by atoms with Gasteiger partial charge in [0.05, 0.1) is 13.3 Å². The third-order valence-electron chi connectivity index (χ3n) is 3.17. The number of nitrogens with one attached hydrogen (secondary N) is 1. The number of aliphatic carboxylic acids is 1. The van der Waals surface area contributed by atoms with Crippen LogP contribution in [0.4, 0.5) is 10.1 Å². The van der Waals surface area contributed by atoms with Crippen molar-refractivity contribution in [3.63, 3.8) is 0 Å². The van der Waals surface area contributed by atoms with Gasteiger partial charge in [-0.05, 0) is 25.1 Å². The highest BCUT2D eigenvalue weighted by molar-refractivity contribution is 5.84. The summed E-state index contributed by atoms with van der Waals surface area (Å²) in [4.78, 5) is 15.4. The van der Waals surface area contributed by atoms with Gasteiger partial charge >= 0.3 is 5.97 Å². The van der Waals surface area contributed by atoms with Crippen molar-refractivity contribution in [2.75, 3.05) is 12.4 Å². The summed E-state index contributed by atoms with van der Waals surface area (Å²) in [5.41, 5.74) is -0.747. The molecule has 0 aliphatic carbocycles. The minimum atomic E-state index is -1.51. The molecule has 1 unspecified atom stereocenters. The second kappa shape index (κ2) is 5.78. The molecule has 0 radical (unpaired) electrons. The summed E-state index contributed by atoms with van der Waals surface area (Å²) in [7, 11) is 1.52. The van der Waals surface area contributed by atoms with Crippen molar-refractivity contribution in [3.05, 3.63) is 54.1 Å². The van der Waals surface area contributed by atoms with Crippen molar-refractivity contribution in [3.8, 4) is 5.75 Å². The van der Waals surface area contributed by atoms with E-state index < -0.39 is 17.3 Å². The molecule has 110 valence electrons. The number of carboxylic acid groups (broad SMARTS) is 1. The lowest BCUT2D eigenvalue weighted by atomic mass is 9.93. The molecule has 2 N–H and O–H groups in total. The average Bonchev–Trinajstić information content (AvgIpc) is 2.47. The van der Waals surface area contributed by atoms with Crippen LogP contribution in [0.3, 0.4) is 0 Å². The smallest absolute Gasteiger partial charge is 0.333 e. The lowest BCUT2D eigenvalue weighted by molar-refractivity contribution is -0.142. The van der Waals surface area contributed by atoms with Gasteiger partial charge in [-0.25, -0.2) is 9.18 Å². The molecule has 1 atom stereocenters. The summed E-state index contributed by atoms with van der Waals surface area (Å²) in [6.45, 7) is 1.45. The lowest BCUT2D eigenvalue weighted by Gasteiger charge is -2.27. The van der Waals surface area contributed by atoms with Crippen LogP contribution in [-0.2, 0) is 10.3 Å². The van der Waals surface area contributed by atoms with Gasteiger partial charge in [0.15, 0.2) is 5.54 Å². The highest BCUT2D eigenvalue weighted by atomic mass is 19.1. The lowest BCUT2D eigenvalue weighted by Crippen LogP contribution is -2.40. The van der Waals surface area contributed by atoms with Crippen molar-refractivity contribution in [2.24, 2.45) is 0 Å². The molecule has 0 bridgehead atoms. The molecule has 0 spiro atoms. The summed E-state index contributed by atoms with van der Waals surface area (Å²) in [6, 6.07) is 7.99. The first-order chi connectivity index (χ1) is 9.95. The third-order valence-corrected chi connectivity index (χ3v) is 3.17. The molecule has 0 saturated heterocycles. The van der Waals surface area contributed by atoms with Crippen LogP contribution in [0, 0.1) is 5.82 Å². The Morgan fingerprint density at radius 1 is 1.38 bits per heavy atom. The Morgan fingerprint density at radius 3 is 2.76 bits per heavy atom. The van der Waals surface area contributed by atoms with E-state index in [1.807, 2.05) is 0 Å². The topological polar surface area (TPSA) is 71.5 Å². The molecular formula is C15H15FN2O3. The Balaban J connectivity index is 2.40. The number of pyridine rings is 1. The van der Waals surface area contributed by atoms with Gasteiger partial charge in [0.1, 0.15) is 11.6 Å². The summed E-state index contributed by atoms with van der Waals surface area (Å²) in [5, 5.41) is 12.4. The molecule has 2 aromatic rings. The number of nitrogens with zero attached hydrogens (tertiary/aromatic N) is 1. The van der Waals surface area contributed by atoms with Crippen LogP contribution in [0.25, 0.3) is 0 Å². The Labute approximate surface area is 121 Å². The Kier molecular flexibility index (Phi) is 4.07. The maximum atomic E-state index is 13.3. The van der Waals surface area contributed by atoms with Crippen molar-refractivity contribution >= 4 is 11.7 Å². The van der Waals surface area contributed by atoms with E-state index in [0.717, 1.165) is 12.3 Å². The molecule has 0 aliphatic rings. The maximum absolute atomic E-state index is 13.3. The minimum Gasteiger partial charge on any atom is -0.497 e. The van der Waals surface area contributed by atoms with Crippen LogP contribution < -0.4 is 10.1 Å². The van der Waals surface area contributed by atoms with Gasteiger partial charge in [-0.3, -0.25) is 4.98 Å². The van der Waals surface area contributed by atoms with Crippen molar-refractivity contribution in [1.82, 2.24) is 4.98 Å². The largest absolute Gasteiger partial charge is 0.497 e. The van der Waals surface area contributed by atoms with E-state index in [-0.39, 0.29) is 5.56 Å². The Bertz CT molecular complexity index is 663. The highest BCUT2D eigenvalue weighted by Gasteiger charge is 2.36. The van der Waals surface area contributed by atoms with E-state index >= 15 is 0 Å². The van der Waals surface area contributed by atoms with Crippen molar-refractivity contribution in [1.29, 1.82) is 0 Å². The van der Waals surface area contributed by atoms with Gasteiger partial charge in [-0.15, -0.1) is 0 Å². The number of rotatable bonds is 5. The van der Waals surface area contributed by atoms with E-state index in [9.17, 15) is 14.3 Å². The molecule has 6 heteroatoms. The molecule has 0 amide bonds. The fourth-order valence-electron chi connectivity index (χ4n) is 1.92. The first kappa shape index (κ1) is 14.8. The fourth-order valence-corrected chi connectivity index (χ4v) is 1.92. The molecule has 0 aliphatic heterocycles.